The fourth-order valence-corrected chi connectivity index (χ4v) is 3.52. The molecule has 0 bridgehead atoms. The fraction of sp³-hybridized carbons (Fsp3) is 0.462. The van der Waals surface area contributed by atoms with Gasteiger partial charge in [0.15, 0.2) is 5.65 Å². The van der Waals surface area contributed by atoms with Gasteiger partial charge in [-0.1, -0.05) is 0 Å². The Hall–Kier alpha value is -1.40. The normalized spacial score (nSPS) is 13.2. The highest BCUT2D eigenvalue weighted by Crippen LogP contribution is 2.29. The maximum Gasteiger partial charge on any atom is 0.159 e. The number of rotatable bonds is 3. The molecule has 1 unspecified atom stereocenters. The molecule has 0 saturated heterocycles. The predicted molar refractivity (Wildman–Crippen MR) is 81.5 cm³/mol. The maximum atomic E-state index is 6.07. The van der Waals surface area contributed by atoms with Gasteiger partial charge in [-0.05, 0) is 20.8 Å². The summed E-state index contributed by atoms with van der Waals surface area (Å²) in [5.74, 6) is 1.24. The Balaban J connectivity index is 2.23. The predicted octanol–water partition coefficient (Wildman–Crippen LogP) is 3.19. The van der Waals surface area contributed by atoms with E-state index in [9.17, 15) is 0 Å². The summed E-state index contributed by atoms with van der Waals surface area (Å²) < 4.78 is 4.01. The van der Waals surface area contributed by atoms with Crippen LogP contribution < -0.4 is 0 Å². The molecule has 3 heterocycles. The van der Waals surface area contributed by atoms with Crippen LogP contribution >= 0.6 is 22.9 Å². The summed E-state index contributed by atoms with van der Waals surface area (Å²) in [4.78, 5) is 10.3. The first-order valence-electron chi connectivity index (χ1n) is 6.41. The van der Waals surface area contributed by atoms with Crippen LogP contribution in [0.3, 0.4) is 0 Å². The van der Waals surface area contributed by atoms with Crippen LogP contribution in [0, 0.1) is 13.8 Å². The van der Waals surface area contributed by atoms with E-state index in [2.05, 4.69) is 33.5 Å². The Kier molecular flexibility index (Phi) is 3.30. The first kappa shape index (κ1) is 13.6. The first-order valence-corrected chi connectivity index (χ1v) is 7.76. The number of halogens is 1. The zero-order chi connectivity index (χ0) is 14.4. The minimum absolute atomic E-state index is 0.0993. The summed E-state index contributed by atoms with van der Waals surface area (Å²) in [5.41, 5.74) is 2.84. The van der Waals surface area contributed by atoms with E-state index in [0.717, 1.165) is 27.7 Å². The number of hydrogen-bond donors (Lipinski definition) is 0. The third kappa shape index (κ3) is 1.94. The lowest BCUT2D eigenvalue weighted by atomic mass is 10.3. The Morgan fingerprint density at radius 2 is 2.15 bits per heavy atom. The van der Waals surface area contributed by atoms with Gasteiger partial charge in [0.25, 0.3) is 0 Å². The molecule has 3 aromatic rings. The van der Waals surface area contributed by atoms with Gasteiger partial charge in [-0.15, -0.1) is 22.9 Å². The van der Waals surface area contributed by atoms with E-state index in [-0.39, 0.29) is 6.04 Å². The zero-order valence-corrected chi connectivity index (χ0v) is 13.5. The molecule has 7 heteroatoms. The Bertz CT molecular complexity index is 769. The van der Waals surface area contributed by atoms with Crippen LogP contribution in [0.4, 0.5) is 0 Å². The van der Waals surface area contributed by atoms with Gasteiger partial charge in [0, 0.05) is 18.1 Å². The molecule has 0 amide bonds. The summed E-state index contributed by atoms with van der Waals surface area (Å²) in [5, 5.41) is 5.50. The molecule has 20 heavy (non-hydrogen) atoms. The van der Waals surface area contributed by atoms with E-state index >= 15 is 0 Å². The van der Waals surface area contributed by atoms with Gasteiger partial charge in [0.1, 0.15) is 16.3 Å². The summed E-state index contributed by atoms with van der Waals surface area (Å²) in [6, 6.07) is 0.0993. The second kappa shape index (κ2) is 4.86. The Morgan fingerprint density at radius 1 is 1.40 bits per heavy atom. The molecule has 0 saturated carbocycles. The molecule has 3 aromatic heterocycles. The quantitative estimate of drug-likeness (QED) is 0.698. The van der Waals surface area contributed by atoms with Gasteiger partial charge in [-0.25, -0.2) is 9.97 Å². The van der Waals surface area contributed by atoms with Crippen molar-refractivity contribution >= 4 is 34.1 Å². The largest absolute Gasteiger partial charge is 0.302 e. The number of aryl methyl sites for hydroxylation is 3. The molecular formula is C13H16ClN5S. The molecule has 106 valence electrons. The summed E-state index contributed by atoms with van der Waals surface area (Å²) >= 11 is 7.77. The van der Waals surface area contributed by atoms with Crippen LogP contribution in [0.1, 0.15) is 34.4 Å². The van der Waals surface area contributed by atoms with Crippen molar-refractivity contribution in [1.82, 2.24) is 24.3 Å². The lowest BCUT2D eigenvalue weighted by Gasteiger charge is -2.14. The molecule has 0 radical (unpaired) electrons. The summed E-state index contributed by atoms with van der Waals surface area (Å²) in [6.07, 6.45) is 1.90. The standard InChI is InChI=1S/C13H16ClN5S/c1-7-6-15-12(20-7)9(3)19-10(5-14)16-11-8(2)17-18(4)13(11)19/h6,9H,5H2,1-4H3. The average Bonchev–Trinajstić information content (AvgIpc) is 3.06. The Morgan fingerprint density at radius 3 is 2.75 bits per heavy atom. The maximum absolute atomic E-state index is 6.07. The van der Waals surface area contributed by atoms with Gasteiger partial charge in [0.2, 0.25) is 0 Å². The minimum Gasteiger partial charge on any atom is -0.302 e. The van der Waals surface area contributed by atoms with Crippen molar-refractivity contribution in [1.29, 1.82) is 0 Å². The summed E-state index contributed by atoms with van der Waals surface area (Å²) in [7, 11) is 1.94. The smallest absolute Gasteiger partial charge is 0.159 e. The molecule has 0 aliphatic carbocycles. The number of nitrogens with zero attached hydrogens (tertiary/aromatic N) is 5. The van der Waals surface area contributed by atoms with Crippen LogP contribution in [0.25, 0.3) is 11.2 Å². The van der Waals surface area contributed by atoms with Crippen LogP contribution in [-0.2, 0) is 12.9 Å². The van der Waals surface area contributed by atoms with Crippen LogP contribution in [-0.4, -0.2) is 24.3 Å². The number of alkyl halides is 1. The minimum atomic E-state index is 0.0993. The first-order chi connectivity index (χ1) is 9.52. The van der Waals surface area contributed by atoms with Gasteiger partial charge in [-0.3, -0.25) is 4.68 Å². The molecular weight excluding hydrogens is 294 g/mol. The molecule has 1 atom stereocenters. The lowest BCUT2D eigenvalue weighted by Crippen LogP contribution is -2.12. The molecule has 0 fully saturated rings. The van der Waals surface area contributed by atoms with Crippen molar-refractivity contribution in [2.24, 2.45) is 7.05 Å². The topological polar surface area (TPSA) is 48.5 Å². The lowest BCUT2D eigenvalue weighted by molar-refractivity contribution is 0.604. The monoisotopic (exact) mass is 309 g/mol. The van der Waals surface area contributed by atoms with Crippen molar-refractivity contribution in [3.8, 4) is 0 Å². The van der Waals surface area contributed by atoms with Crippen LogP contribution in [0.5, 0.6) is 0 Å². The highest BCUT2D eigenvalue weighted by Gasteiger charge is 2.22. The number of aromatic nitrogens is 5. The molecule has 3 rings (SSSR count). The van der Waals surface area contributed by atoms with Crippen LogP contribution in [0.2, 0.25) is 0 Å². The van der Waals surface area contributed by atoms with Crippen molar-refractivity contribution < 1.29 is 0 Å². The highest BCUT2D eigenvalue weighted by atomic mass is 35.5. The highest BCUT2D eigenvalue weighted by molar-refractivity contribution is 7.11. The molecule has 0 N–H and O–H groups in total. The Labute approximate surface area is 126 Å². The zero-order valence-electron chi connectivity index (χ0n) is 11.9. The van der Waals surface area contributed by atoms with E-state index < -0.39 is 0 Å². The second-order valence-corrected chi connectivity index (χ2v) is 6.43. The number of thiazole rings is 1. The summed E-state index contributed by atoms with van der Waals surface area (Å²) in [6.45, 7) is 6.15. The second-order valence-electron chi connectivity index (χ2n) is 4.90. The molecule has 0 aliphatic heterocycles. The third-order valence-corrected chi connectivity index (χ3v) is 4.73. The van der Waals surface area contributed by atoms with E-state index in [1.54, 1.807) is 11.3 Å². The van der Waals surface area contributed by atoms with Gasteiger partial charge in [0.05, 0.1) is 17.6 Å². The molecule has 0 aromatic carbocycles. The van der Waals surface area contributed by atoms with Crippen LogP contribution in [0.15, 0.2) is 6.20 Å². The van der Waals surface area contributed by atoms with E-state index in [0.29, 0.717) is 5.88 Å². The van der Waals surface area contributed by atoms with Gasteiger partial charge >= 0.3 is 0 Å². The number of imidazole rings is 1. The fourth-order valence-electron chi connectivity index (χ4n) is 2.52. The number of hydrogen-bond acceptors (Lipinski definition) is 4. The van der Waals surface area contributed by atoms with Crippen molar-refractivity contribution in [3.05, 3.63) is 27.6 Å². The molecule has 0 spiro atoms. The van der Waals surface area contributed by atoms with Gasteiger partial charge in [-0.2, -0.15) is 5.10 Å². The van der Waals surface area contributed by atoms with E-state index in [1.165, 1.54) is 4.88 Å². The molecule has 5 nitrogen and oxygen atoms in total. The number of fused-ring (bicyclic) bond motifs is 1. The van der Waals surface area contributed by atoms with E-state index in [1.807, 2.05) is 24.9 Å². The van der Waals surface area contributed by atoms with Crippen molar-refractivity contribution in [2.75, 3.05) is 0 Å². The molecule has 0 aliphatic rings. The average molecular weight is 310 g/mol. The van der Waals surface area contributed by atoms with Crippen molar-refractivity contribution in [2.45, 2.75) is 32.7 Å². The third-order valence-electron chi connectivity index (χ3n) is 3.41. The SMILES string of the molecule is Cc1cnc(C(C)n2c(CCl)nc3c(C)nn(C)c32)s1. The van der Waals surface area contributed by atoms with Gasteiger partial charge < -0.3 is 4.57 Å². The van der Waals surface area contributed by atoms with E-state index in [4.69, 9.17) is 11.6 Å². The van der Waals surface area contributed by atoms with Crippen molar-refractivity contribution in [3.63, 3.8) is 0 Å².